The summed E-state index contributed by atoms with van der Waals surface area (Å²) in [7, 11) is 0. The number of aromatic nitrogens is 5. The molecule has 0 unspecified atom stereocenters. The summed E-state index contributed by atoms with van der Waals surface area (Å²) in [6, 6.07) is 13.3. The highest BCUT2D eigenvalue weighted by atomic mass is 79.9. The van der Waals surface area contributed by atoms with Crippen LogP contribution in [0.1, 0.15) is 27.4 Å². The van der Waals surface area contributed by atoms with Gasteiger partial charge in [0.05, 0.1) is 27.7 Å². The van der Waals surface area contributed by atoms with Crippen LogP contribution in [0.25, 0.3) is 22.4 Å². The van der Waals surface area contributed by atoms with Crippen LogP contribution in [0.3, 0.4) is 0 Å². The van der Waals surface area contributed by atoms with Gasteiger partial charge in [0.15, 0.2) is 17.4 Å². The van der Waals surface area contributed by atoms with E-state index in [1.807, 2.05) is 16.7 Å². The molecule has 1 N–H and O–H groups in total. The van der Waals surface area contributed by atoms with Crippen molar-refractivity contribution in [1.82, 2.24) is 29.9 Å². The van der Waals surface area contributed by atoms with Crippen LogP contribution in [0.15, 0.2) is 62.2 Å². The quantitative estimate of drug-likeness (QED) is 0.332. The first-order valence-corrected chi connectivity index (χ1v) is 12.5. The summed E-state index contributed by atoms with van der Waals surface area (Å²) in [5.74, 6) is 0.453. The molecule has 37 heavy (non-hydrogen) atoms. The lowest BCUT2D eigenvalue weighted by molar-refractivity contribution is 0.0703. The number of hydrogen-bond acceptors (Lipinski definition) is 6. The Morgan fingerprint density at radius 1 is 1.14 bits per heavy atom. The third-order valence-electron chi connectivity index (χ3n) is 6.31. The number of carbonyl (C=O) groups excluding carboxylic acids is 1. The molecule has 0 spiro atoms. The van der Waals surface area contributed by atoms with Gasteiger partial charge in [-0.3, -0.25) is 9.59 Å². The molecule has 0 aliphatic carbocycles. The zero-order chi connectivity index (χ0) is 25.7. The molecule has 0 radical (unpaired) electrons. The largest absolute Gasteiger partial charge is 0.440 e. The van der Waals surface area contributed by atoms with Gasteiger partial charge in [0.2, 0.25) is 5.22 Å². The summed E-state index contributed by atoms with van der Waals surface area (Å²) >= 11 is 9.31. The van der Waals surface area contributed by atoms with Gasteiger partial charge >= 0.3 is 0 Å². The van der Waals surface area contributed by atoms with Gasteiger partial charge in [-0.1, -0.05) is 24.3 Å². The zero-order valence-corrected chi connectivity index (χ0v) is 21.4. The molecule has 4 heterocycles. The van der Waals surface area contributed by atoms with Crippen molar-refractivity contribution in [2.45, 2.75) is 19.5 Å². The molecular formula is C25H17BrClFN6O3. The summed E-state index contributed by atoms with van der Waals surface area (Å²) in [6.07, 6.45) is 0.316. The van der Waals surface area contributed by atoms with Crippen LogP contribution < -0.4 is 5.56 Å². The van der Waals surface area contributed by atoms with E-state index in [9.17, 15) is 14.0 Å². The van der Waals surface area contributed by atoms with Crippen molar-refractivity contribution < 1.29 is 13.6 Å². The van der Waals surface area contributed by atoms with Gasteiger partial charge in [0.25, 0.3) is 11.5 Å². The molecule has 2 aromatic carbocycles. The van der Waals surface area contributed by atoms with Crippen LogP contribution in [-0.2, 0) is 19.5 Å². The molecule has 1 aliphatic rings. The molecule has 0 fully saturated rings. The van der Waals surface area contributed by atoms with Crippen LogP contribution in [0.5, 0.6) is 0 Å². The number of H-pyrrole nitrogens is 1. The number of carbonyl (C=O) groups is 1. The summed E-state index contributed by atoms with van der Waals surface area (Å²) in [5.41, 5.74) is 1.00. The smallest absolute Gasteiger partial charge is 0.272 e. The number of rotatable bonds is 4. The minimum atomic E-state index is -0.615. The number of fused-ring (bicyclic) bond motifs is 2. The van der Waals surface area contributed by atoms with Gasteiger partial charge < -0.3 is 13.9 Å². The Kier molecular flexibility index (Phi) is 5.88. The fourth-order valence-corrected chi connectivity index (χ4v) is 4.91. The van der Waals surface area contributed by atoms with E-state index in [1.54, 1.807) is 24.3 Å². The maximum atomic E-state index is 14.8. The average Bonchev–Trinajstić information content (AvgIpc) is 3.48. The predicted octanol–water partition coefficient (Wildman–Crippen LogP) is 4.58. The van der Waals surface area contributed by atoms with Crippen LogP contribution in [0, 0.1) is 5.82 Å². The lowest BCUT2D eigenvalue weighted by Gasteiger charge is -2.28. The second-order valence-corrected chi connectivity index (χ2v) is 9.78. The maximum Gasteiger partial charge on any atom is 0.272 e. The highest BCUT2D eigenvalue weighted by molar-refractivity contribution is 9.10. The summed E-state index contributed by atoms with van der Waals surface area (Å²) in [6.45, 7) is 0.910. The Labute approximate surface area is 222 Å². The molecule has 5 aromatic rings. The van der Waals surface area contributed by atoms with Crippen molar-refractivity contribution >= 4 is 44.2 Å². The molecule has 0 saturated carbocycles. The topological polar surface area (TPSA) is 110 Å². The lowest BCUT2D eigenvalue weighted by Crippen LogP contribution is -2.39. The van der Waals surface area contributed by atoms with Crippen molar-refractivity contribution in [3.8, 4) is 11.6 Å². The Hall–Kier alpha value is -3.83. The Balaban J connectivity index is 1.26. The minimum Gasteiger partial charge on any atom is -0.440 e. The minimum absolute atomic E-state index is 0.0406. The molecule has 1 aliphatic heterocycles. The van der Waals surface area contributed by atoms with Gasteiger partial charge in [-0.2, -0.15) is 5.10 Å². The summed E-state index contributed by atoms with van der Waals surface area (Å²) in [4.78, 5) is 27.0. The highest BCUT2D eigenvalue weighted by Crippen LogP contribution is 2.32. The molecule has 0 bridgehead atoms. The fourth-order valence-electron chi connectivity index (χ4n) is 4.49. The van der Waals surface area contributed by atoms with Crippen molar-refractivity contribution in [2.24, 2.45) is 0 Å². The van der Waals surface area contributed by atoms with E-state index in [0.29, 0.717) is 63.4 Å². The predicted molar refractivity (Wildman–Crippen MR) is 137 cm³/mol. The van der Waals surface area contributed by atoms with E-state index < -0.39 is 11.7 Å². The van der Waals surface area contributed by atoms with Crippen molar-refractivity contribution in [2.75, 3.05) is 6.54 Å². The number of furan rings is 1. The van der Waals surface area contributed by atoms with Crippen LogP contribution in [-0.4, -0.2) is 42.3 Å². The highest BCUT2D eigenvalue weighted by Gasteiger charge is 2.28. The third kappa shape index (κ3) is 4.23. The van der Waals surface area contributed by atoms with Crippen molar-refractivity contribution in [3.05, 3.63) is 97.0 Å². The maximum absolute atomic E-state index is 14.8. The van der Waals surface area contributed by atoms with E-state index in [-0.39, 0.29) is 22.9 Å². The van der Waals surface area contributed by atoms with E-state index in [0.717, 1.165) is 0 Å². The molecule has 186 valence electrons. The number of nitrogens with zero attached hydrogens (tertiary/aromatic N) is 5. The molecule has 1 amide bonds. The molecule has 9 nitrogen and oxygen atoms in total. The van der Waals surface area contributed by atoms with E-state index in [2.05, 4.69) is 36.3 Å². The first kappa shape index (κ1) is 23.6. The van der Waals surface area contributed by atoms with E-state index in [1.165, 1.54) is 17.0 Å². The number of hydrogen-bond donors (Lipinski definition) is 1. The van der Waals surface area contributed by atoms with Crippen molar-refractivity contribution in [3.63, 3.8) is 0 Å². The Morgan fingerprint density at radius 2 is 1.95 bits per heavy atom. The summed E-state index contributed by atoms with van der Waals surface area (Å²) in [5, 5.41) is 16.5. The molecule has 0 saturated heterocycles. The second-order valence-electron chi connectivity index (χ2n) is 8.59. The number of aromatic amines is 1. The second kappa shape index (κ2) is 9.24. The first-order valence-electron chi connectivity index (χ1n) is 11.3. The van der Waals surface area contributed by atoms with E-state index in [4.69, 9.17) is 16.0 Å². The molecule has 0 atom stereocenters. The molecule has 6 rings (SSSR count). The van der Waals surface area contributed by atoms with Crippen molar-refractivity contribution in [1.29, 1.82) is 0 Å². The molecule has 3 aromatic heterocycles. The summed E-state index contributed by atoms with van der Waals surface area (Å²) < 4.78 is 22.8. The Bertz CT molecular complexity index is 1730. The number of halogens is 3. The van der Waals surface area contributed by atoms with Gasteiger partial charge in [-0.15, -0.1) is 10.2 Å². The average molecular weight is 584 g/mol. The number of benzene rings is 2. The van der Waals surface area contributed by atoms with Gasteiger partial charge in [0, 0.05) is 31.0 Å². The third-order valence-corrected chi connectivity index (χ3v) is 7.41. The normalized spacial score (nSPS) is 13.2. The SMILES string of the molecule is O=C(c1cc(Cc2n[nH]c(=O)c3ccccc23)ccc1F)N1CCn2c(nnc2-c2cc(Br)c(Cl)o2)C1. The van der Waals surface area contributed by atoms with Gasteiger partial charge in [-0.05, 0) is 51.3 Å². The zero-order valence-electron chi connectivity index (χ0n) is 19.0. The van der Waals surface area contributed by atoms with Crippen LogP contribution in [0.2, 0.25) is 5.22 Å². The lowest BCUT2D eigenvalue weighted by atomic mass is 10.0. The standard InChI is InChI=1S/C25H17BrClFN6O3/c26-17-11-20(37-22(17)27)23-31-30-21-12-33(7-8-34(21)23)25(36)16-9-13(5-6-18(16)28)10-19-14-3-1-2-4-15(14)24(35)32-29-19/h1-6,9,11H,7-8,10,12H2,(H,32,35). The first-order chi connectivity index (χ1) is 17.9. The molecular weight excluding hydrogens is 567 g/mol. The van der Waals surface area contributed by atoms with E-state index >= 15 is 0 Å². The van der Waals surface area contributed by atoms with Crippen LogP contribution in [0.4, 0.5) is 4.39 Å². The Morgan fingerprint density at radius 3 is 2.73 bits per heavy atom. The van der Waals surface area contributed by atoms with Crippen LogP contribution >= 0.6 is 27.5 Å². The molecule has 12 heteroatoms. The number of amides is 1. The monoisotopic (exact) mass is 582 g/mol. The van der Waals surface area contributed by atoms with Gasteiger partial charge in [-0.25, -0.2) is 9.49 Å². The van der Waals surface area contributed by atoms with Gasteiger partial charge in [0.1, 0.15) is 5.82 Å². The fraction of sp³-hybridized carbons (Fsp3) is 0.160. The number of nitrogens with one attached hydrogen (secondary N) is 1.